The van der Waals surface area contributed by atoms with Crippen LogP contribution in [0.25, 0.3) is 5.69 Å². The van der Waals surface area contributed by atoms with Crippen molar-refractivity contribution in [2.45, 2.75) is 4.95 Å². The van der Waals surface area contributed by atoms with Crippen LogP contribution in [0.5, 0.6) is 0 Å². The van der Waals surface area contributed by atoms with E-state index in [1.54, 1.807) is 12.1 Å². The number of benzene rings is 1. The molecular weight excluding hydrogens is 340 g/mol. The molecule has 5 nitrogen and oxygen atoms in total. The van der Waals surface area contributed by atoms with Crippen LogP contribution in [0.2, 0.25) is 0 Å². The Morgan fingerprint density at radius 1 is 1.25 bits per heavy atom. The molecule has 0 N–H and O–H groups in total. The van der Waals surface area contributed by atoms with Gasteiger partial charge in [-0.1, -0.05) is 50.1 Å². The van der Waals surface area contributed by atoms with Gasteiger partial charge in [0, 0.05) is 5.33 Å². The Balaban J connectivity index is 2.46. The topological polar surface area (TPSA) is 52.7 Å². The number of alkyl halides is 2. The number of hydrogen-bond donors (Lipinski definition) is 0. The highest BCUT2D eigenvalue weighted by atomic mass is 79.9. The molecule has 2 aromatic rings. The number of tetrazole rings is 1. The van der Waals surface area contributed by atoms with Crippen LogP contribution in [0.3, 0.4) is 0 Å². The lowest BCUT2D eigenvalue weighted by Gasteiger charge is -2.01. The third-order valence-electron chi connectivity index (χ3n) is 2.00. The molecular formula is C9H8Br2N4O. The predicted molar refractivity (Wildman–Crippen MR) is 67.4 cm³/mol. The number of aromatic nitrogens is 4. The van der Waals surface area contributed by atoms with Gasteiger partial charge in [-0.2, -0.15) is 9.36 Å². The third kappa shape index (κ3) is 2.10. The standard InChI is InChI=1S/C9H8Br2N4O/c10-6-8(11)15-9(16)14(12-13-15)7-4-2-1-3-5-7/h1-5,8H,6H2/t8-/m0/s1. The molecule has 0 aliphatic rings. The Hall–Kier alpha value is -0.950. The van der Waals surface area contributed by atoms with E-state index in [-0.39, 0.29) is 10.6 Å². The highest BCUT2D eigenvalue weighted by Crippen LogP contribution is 2.13. The summed E-state index contributed by atoms with van der Waals surface area (Å²) in [5, 5.41) is 8.21. The monoisotopic (exact) mass is 346 g/mol. The van der Waals surface area contributed by atoms with Crippen LogP contribution >= 0.6 is 31.9 Å². The summed E-state index contributed by atoms with van der Waals surface area (Å²) in [7, 11) is 0. The number of hydrogen-bond acceptors (Lipinski definition) is 3. The number of nitrogens with zero attached hydrogens (tertiary/aromatic N) is 4. The number of rotatable bonds is 3. The molecule has 1 aromatic carbocycles. The molecule has 0 saturated carbocycles. The molecule has 1 atom stereocenters. The zero-order valence-electron chi connectivity index (χ0n) is 8.12. The molecule has 0 fully saturated rings. The number of para-hydroxylation sites is 1. The maximum absolute atomic E-state index is 11.9. The molecule has 0 spiro atoms. The predicted octanol–water partition coefficient (Wildman–Crippen LogP) is 1.72. The second-order valence-corrected chi connectivity index (χ2v) is 4.75. The first-order chi connectivity index (χ1) is 7.74. The van der Waals surface area contributed by atoms with E-state index in [9.17, 15) is 4.79 Å². The number of halogens is 2. The fourth-order valence-corrected chi connectivity index (χ4v) is 1.76. The Kier molecular flexibility index (Phi) is 3.55. The summed E-state index contributed by atoms with van der Waals surface area (Å²) in [5.41, 5.74) is 0.431. The summed E-state index contributed by atoms with van der Waals surface area (Å²) in [6.45, 7) is 0. The lowest BCUT2D eigenvalue weighted by Crippen LogP contribution is -2.26. The SMILES string of the molecule is O=c1n(-c2ccccc2)nnn1[C@H](Br)CBr. The second kappa shape index (κ2) is 4.92. The second-order valence-electron chi connectivity index (χ2n) is 3.04. The zero-order valence-corrected chi connectivity index (χ0v) is 11.3. The van der Waals surface area contributed by atoms with E-state index >= 15 is 0 Å². The normalized spacial score (nSPS) is 12.6. The summed E-state index contributed by atoms with van der Waals surface area (Å²) in [4.78, 5) is 11.7. The first-order valence-electron chi connectivity index (χ1n) is 4.54. The van der Waals surface area contributed by atoms with Crippen molar-refractivity contribution in [3.63, 3.8) is 0 Å². The molecule has 0 amide bonds. The van der Waals surface area contributed by atoms with E-state index in [4.69, 9.17) is 0 Å². The third-order valence-corrected chi connectivity index (χ3v) is 4.19. The highest BCUT2D eigenvalue weighted by Gasteiger charge is 2.13. The van der Waals surface area contributed by atoms with Crippen LogP contribution in [-0.4, -0.2) is 25.1 Å². The summed E-state index contributed by atoms with van der Waals surface area (Å²) in [6.07, 6.45) is 0. The van der Waals surface area contributed by atoms with Gasteiger partial charge in [-0.15, -0.1) is 0 Å². The van der Waals surface area contributed by atoms with Crippen molar-refractivity contribution in [2.24, 2.45) is 0 Å². The molecule has 7 heteroatoms. The Morgan fingerprint density at radius 2 is 1.94 bits per heavy atom. The quantitative estimate of drug-likeness (QED) is 0.794. The molecule has 0 radical (unpaired) electrons. The van der Waals surface area contributed by atoms with Gasteiger partial charge in [0.1, 0.15) is 4.95 Å². The van der Waals surface area contributed by atoms with E-state index in [0.717, 1.165) is 0 Å². The maximum atomic E-state index is 11.9. The lowest BCUT2D eigenvalue weighted by molar-refractivity contribution is 0.611. The molecule has 16 heavy (non-hydrogen) atoms. The van der Waals surface area contributed by atoms with E-state index in [2.05, 4.69) is 42.3 Å². The first-order valence-corrected chi connectivity index (χ1v) is 6.57. The van der Waals surface area contributed by atoms with E-state index in [1.165, 1.54) is 9.36 Å². The molecule has 0 bridgehead atoms. The highest BCUT2D eigenvalue weighted by molar-refractivity contribution is 9.11. The van der Waals surface area contributed by atoms with E-state index in [1.807, 2.05) is 18.2 Å². The van der Waals surface area contributed by atoms with Crippen molar-refractivity contribution in [3.8, 4) is 5.69 Å². The van der Waals surface area contributed by atoms with Gasteiger partial charge in [-0.05, 0) is 22.6 Å². The molecule has 0 aliphatic heterocycles. The van der Waals surface area contributed by atoms with Crippen LogP contribution in [-0.2, 0) is 0 Å². The molecule has 0 saturated heterocycles. The van der Waals surface area contributed by atoms with Crippen LogP contribution in [0.15, 0.2) is 35.1 Å². The van der Waals surface area contributed by atoms with Gasteiger partial charge < -0.3 is 0 Å². The van der Waals surface area contributed by atoms with Crippen molar-refractivity contribution in [1.82, 2.24) is 19.8 Å². The van der Waals surface area contributed by atoms with Crippen molar-refractivity contribution in [1.29, 1.82) is 0 Å². The molecule has 0 aliphatic carbocycles. The largest absolute Gasteiger partial charge is 0.369 e. The fraction of sp³-hybridized carbons (Fsp3) is 0.222. The molecule has 0 unspecified atom stereocenters. The van der Waals surface area contributed by atoms with Crippen LogP contribution in [0.4, 0.5) is 0 Å². The van der Waals surface area contributed by atoms with Gasteiger partial charge in [0.15, 0.2) is 0 Å². The molecule has 1 heterocycles. The summed E-state index contributed by atoms with van der Waals surface area (Å²) >= 11 is 6.59. The maximum Gasteiger partial charge on any atom is 0.369 e. The van der Waals surface area contributed by atoms with E-state index in [0.29, 0.717) is 11.0 Å². The summed E-state index contributed by atoms with van der Waals surface area (Å²) in [5.74, 6) is 0. The fourth-order valence-electron chi connectivity index (χ4n) is 1.23. The zero-order chi connectivity index (χ0) is 11.5. The van der Waals surface area contributed by atoms with Crippen LogP contribution in [0, 0.1) is 0 Å². The first kappa shape index (κ1) is 11.5. The van der Waals surface area contributed by atoms with Gasteiger partial charge in [0.2, 0.25) is 0 Å². The summed E-state index contributed by atoms with van der Waals surface area (Å²) in [6, 6.07) is 9.17. The van der Waals surface area contributed by atoms with Gasteiger partial charge in [0.05, 0.1) is 5.69 Å². The van der Waals surface area contributed by atoms with E-state index < -0.39 is 0 Å². The molecule has 1 aromatic heterocycles. The van der Waals surface area contributed by atoms with Gasteiger partial charge >= 0.3 is 5.69 Å². The molecule has 84 valence electrons. The minimum absolute atomic E-state index is 0.197. The van der Waals surface area contributed by atoms with Crippen molar-refractivity contribution >= 4 is 31.9 Å². The van der Waals surface area contributed by atoms with Crippen molar-refractivity contribution in [2.75, 3.05) is 5.33 Å². The van der Waals surface area contributed by atoms with Crippen LogP contribution in [0.1, 0.15) is 4.95 Å². The molecule has 2 rings (SSSR count). The lowest BCUT2D eigenvalue weighted by atomic mass is 10.3. The van der Waals surface area contributed by atoms with Crippen LogP contribution < -0.4 is 5.69 Å². The Morgan fingerprint density at radius 3 is 2.56 bits per heavy atom. The van der Waals surface area contributed by atoms with Crippen molar-refractivity contribution < 1.29 is 0 Å². The van der Waals surface area contributed by atoms with Gasteiger partial charge in [0.25, 0.3) is 0 Å². The smallest absolute Gasteiger partial charge is 0.244 e. The average molecular weight is 348 g/mol. The average Bonchev–Trinajstić information content (AvgIpc) is 2.71. The minimum Gasteiger partial charge on any atom is -0.244 e. The minimum atomic E-state index is -0.271. The Labute approximate surface area is 108 Å². The van der Waals surface area contributed by atoms with Gasteiger partial charge in [-0.25, -0.2) is 4.79 Å². The van der Waals surface area contributed by atoms with Crippen molar-refractivity contribution in [3.05, 3.63) is 40.8 Å². The Bertz CT molecular complexity index is 522. The van der Waals surface area contributed by atoms with Gasteiger partial charge in [-0.3, -0.25) is 0 Å². The summed E-state index contributed by atoms with van der Waals surface area (Å²) < 4.78 is 2.54.